The predicted octanol–water partition coefficient (Wildman–Crippen LogP) is 6.87. The molecule has 2 atom stereocenters. The summed E-state index contributed by atoms with van der Waals surface area (Å²) in [7, 11) is -1.63. The zero-order chi connectivity index (χ0) is 27.3. The van der Waals surface area contributed by atoms with E-state index < -0.39 is 28.0 Å². The highest BCUT2D eigenvalue weighted by Gasteiger charge is 2.21. The third kappa shape index (κ3) is 6.50. The Morgan fingerprint density at radius 2 is 2.03 bits per heavy atom. The van der Waals surface area contributed by atoms with Crippen LogP contribution in [0.1, 0.15) is 42.1 Å². The number of aromatic nitrogens is 2. The summed E-state index contributed by atoms with van der Waals surface area (Å²) in [5, 5.41) is 0.493. The maximum absolute atomic E-state index is 15.6. The monoisotopic (exact) mass is 563 g/mol. The number of aryl methyl sites for hydroxylation is 1. The van der Waals surface area contributed by atoms with Gasteiger partial charge >= 0.3 is 0 Å². The molecule has 3 aromatic rings. The predicted molar refractivity (Wildman–Crippen MR) is 147 cm³/mol. The van der Waals surface area contributed by atoms with E-state index in [9.17, 15) is 9.00 Å². The Morgan fingerprint density at radius 1 is 1.30 bits per heavy atom. The van der Waals surface area contributed by atoms with E-state index in [0.29, 0.717) is 22.7 Å². The van der Waals surface area contributed by atoms with Crippen molar-refractivity contribution in [1.82, 2.24) is 9.55 Å². The lowest BCUT2D eigenvalue weighted by Gasteiger charge is -2.17. The fourth-order valence-electron chi connectivity index (χ4n) is 3.77. The third-order valence-electron chi connectivity index (χ3n) is 5.65. The highest BCUT2D eigenvalue weighted by Crippen LogP contribution is 2.29. The van der Waals surface area contributed by atoms with Crippen molar-refractivity contribution in [2.45, 2.75) is 38.0 Å². The van der Waals surface area contributed by atoms with Crippen molar-refractivity contribution in [3.8, 4) is 0 Å². The highest BCUT2D eigenvalue weighted by atomic mass is 35.5. The number of benzene rings is 1. The molecule has 2 unspecified atom stereocenters. The summed E-state index contributed by atoms with van der Waals surface area (Å²) in [5.41, 5.74) is 0.635. The summed E-state index contributed by atoms with van der Waals surface area (Å²) < 4.78 is 43.6. The Hall–Kier alpha value is -2.94. The molecule has 0 spiro atoms. The Bertz CT molecular complexity index is 1500. The molecule has 10 heteroatoms. The topological polar surface area (TPSA) is 64.3 Å². The molecule has 0 bridgehead atoms. The molecule has 37 heavy (non-hydrogen) atoms. The first-order chi connectivity index (χ1) is 17.6. The van der Waals surface area contributed by atoms with Gasteiger partial charge in [0.25, 0.3) is 5.56 Å². The van der Waals surface area contributed by atoms with E-state index in [1.54, 1.807) is 44.4 Å². The molecule has 0 saturated carbocycles. The molecule has 0 saturated heterocycles. The molecule has 194 valence electrons. The number of pyridine rings is 2. The van der Waals surface area contributed by atoms with Crippen molar-refractivity contribution in [3.63, 3.8) is 0 Å². The summed E-state index contributed by atoms with van der Waals surface area (Å²) in [6.45, 7) is 5.21. The summed E-state index contributed by atoms with van der Waals surface area (Å²) >= 11 is 12.7. The number of halogens is 4. The molecular formula is C27H25Cl2F2N3O2S. The van der Waals surface area contributed by atoms with Gasteiger partial charge in [0.15, 0.2) is 5.83 Å². The number of rotatable bonds is 8. The lowest BCUT2D eigenvalue weighted by Crippen LogP contribution is -2.22. The molecule has 3 rings (SSSR count). The van der Waals surface area contributed by atoms with Gasteiger partial charge in [-0.3, -0.25) is 23.5 Å². The lowest BCUT2D eigenvalue weighted by atomic mass is 9.94. The van der Waals surface area contributed by atoms with Gasteiger partial charge in [0.1, 0.15) is 16.6 Å². The zero-order valence-electron chi connectivity index (χ0n) is 20.6. The van der Waals surface area contributed by atoms with Gasteiger partial charge in [0.2, 0.25) is 0 Å². The van der Waals surface area contributed by atoms with E-state index in [-0.39, 0.29) is 27.1 Å². The largest absolute Gasteiger partial charge is 0.284 e. The van der Waals surface area contributed by atoms with Crippen LogP contribution in [0, 0.1) is 12.7 Å². The van der Waals surface area contributed by atoms with Crippen molar-refractivity contribution in [2.24, 2.45) is 4.99 Å². The van der Waals surface area contributed by atoms with Crippen LogP contribution in [0.25, 0.3) is 6.20 Å². The van der Waals surface area contributed by atoms with Crippen LogP contribution in [0.4, 0.5) is 8.78 Å². The zero-order valence-corrected chi connectivity index (χ0v) is 23.0. The van der Waals surface area contributed by atoms with Crippen molar-refractivity contribution in [1.29, 1.82) is 0 Å². The first kappa shape index (κ1) is 28.6. The molecule has 0 amide bonds. The van der Waals surface area contributed by atoms with Gasteiger partial charge in [0, 0.05) is 41.1 Å². The van der Waals surface area contributed by atoms with Gasteiger partial charge in [-0.15, -0.1) is 0 Å². The molecule has 1 aromatic carbocycles. The molecule has 2 heterocycles. The minimum Gasteiger partial charge on any atom is -0.284 e. The number of nitrogens with zero attached hydrogens (tertiary/aromatic N) is 3. The molecule has 5 nitrogen and oxygen atoms in total. The SMILES string of the molecule is C/C=C/N=C(/C(F)=C/n1c(C)cc(C(C)Cc2cnccc2Cl)c(Cl)c1=O)c1cccc(S(C)=O)c1F. The van der Waals surface area contributed by atoms with Gasteiger partial charge in [-0.25, -0.2) is 8.78 Å². The lowest BCUT2D eigenvalue weighted by molar-refractivity contribution is 0.591. The molecule has 0 aliphatic carbocycles. The van der Waals surface area contributed by atoms with E-state index in [1.807, 2.05) is 6.92 Å². The van der Waals surface area contributed by atoms with E-state index >= 15 is 8.78 Å². The maximum Gasteiger partial charge on any atom is 0.273 e. The maximum atomic E-state index is 15.6. The number of hydrogen-bond donors (Lipinski definition) is 0. The second-order valence-corrected chi connectivity index (χ2v) is 10.4. The van der Waals surface area contributed by atoms with Gasteiger partial charge in [-0.2, -0.15) is 0 Å². The summed E-state index contributed by atoms with van der Waals surface area (Å²) in [5.74, 6) is -2.00. The van der Waals surface area contributed by atoms with E-state index in [2.05, 4.69) is 9.98 Å². The first-order valence-corrected chi connectivity index (χ1v) is 13.6. The summed E-state index contributed by atoms with van der Waals surface area (Å²) in [6.07, 6.45) is 8.84. The van der Waals surface area contributed by atoms with Crippen LogP contribution in [0.2, 0.25) is 10.0 Å². The highest BCUT2D eigenvalue weighted by molar-refractivity contribution is 7.84. The van der Waals surface area contributed by atoms with Crippen molar-refractivity contribution >= 4 is 45.9 Å². The molecular weight excluding hydrogens is 539 g/mol. The van der Waals surface area contributed by atoms with Crippen LogP contribution in [-0.2, 0) is 17.2 Å². The van der Waals surface area contributed by atoms with Crippen molar-refractivity contribution in [3.05, 3.63) is 109 Å². The Labute approximate surface area is 226 Å². The fourth-order valence-corrected chi connectivity index (χ4v) is 4.91. The van der Waals surface area contributed by atoms with E-state index in [4.69, 9.17) is 23.2 Å². The van der Waals surface area contributed by atoms with E-state index in [0.717, 1.165) is 16.3 Å². The molecule has 0 radical (unpaired) electrons. The average Bonchev–Trinajstić information content (AvgIpc) is 2.86. The van der Waals surface area contributed by atoms with Crippen molar-refractivity contribution in [2.75, 3.05) is 6.26 Å². The first-order valence-electron chi connectivity index (χ1n) is 11.3. The summed E-state index contributed by atoms with van der Waals surface area (Å²) in [4.78, 5) is 21.2. The minimum atomic E-state index is -1.63. The fraction of sp³-hybridized carbons (Fsp3) is 0.222. The average molecular weight is 564 g/mol. The number of allylic oxidation sites excluding steroid dienone is 2. The smallest absolute Gasteiger partial charge is 0.273 e. The summed E-state index contributed by atoms with van der Waals surface area (Å²) in [6, 6.07) is 7.54. The van der Waals surface area contributed by atoms with Crippen LogP contribution in [0.3, 0.4) is 0 Å². The second kappa shape index (κ2) is 12.5. The Balaban J connectivity index is 2.07. The van der Waals surface area contributed by atoms with Gasteiger partial charge in [0.05, 0.1) is 21.9 Å². The quantitative estimate of drug-likeness (QED) is 0.281. The normalized spacial score (nSPS) is 14.3. The van der Waals surface area contributed by atoms with E-state index in [1.165, 1.54) is 30.7 Å². The Kier molecular flexibility index (Phi) is 9.70. The number of aliphatic imine (C=N–C) groups is 1. The van der Waals surface area contributed by atoms with Crippen LogP contribution in [0.15, 0.2) is 75.5 Å². The molecule has 0 aliphatic rings. The van der Waals surface area contributed by atoms with Gasteiger partial charge < -0.3 is 0 Å². The molecule has 2 aromatic heterocycles. The van der Waals surface area contributed by atoms with Gasteiger partial charge in [-0.1, -0.05) is 42.3 Å². The van der Waals surface area contributed by atoms with Crippen LogP contribution >= 0.6 is 23.2 Å². The molecule has 0 N–H and O–H groups in total. The Morgan fingerprint density at radius 3 is 2.68 bits per heavy atom. The minimum absolute atomic E-state index is 0.0661. The number of hydrogen-bond acceptors (Lipinski definition) is 4. The van der Waals surface area contributed by atoms with Gasteiger partial charge in [-0.05, 0) is 61.6 Å². The van der Waals surface area contributed by atoms with Crippen LogP contribution in [-0.4, -0.2) is 25.7 Å². The van der Waals surface area contributed by atoms with Crippen LogP contribution < -0.4 is 5.56 Å². The molecule has 0 fully saturated rings. The second-order valence-electron chi connectivity index (χ2n) is 8.31. The molecule has 0 aliphatic heterocycles. The third-order valence-corrected chi connectivity index (χ3v) is 7.34. The van der Waals surface area contributed by atoms with Crippen LogP contribution in [0.5, 0.6) is 0 Å². The standard InChI is InChI=1S/C27H25Cl2F2N3O2S/c1-5-10-33-26(19-7-6-8-23(25(19)31)37(4)36)22(30)15-34-17(3)13-20(24(29)27(34)35)16(2)12-18-14-32-11-9-21(18)28/h5-11,13-16H,12H2,1-4H3/b10-5+,22-15-,33-26+. The van der Waals surface area contributed by atoms with Crippen molar-refractivity contribution < 1.29 is 13.0 Å².